The number of carbonyl (C=O) groups is 2. The molecule has 0 bridgehead atoms. The third kappa shape index (κ3) is 3.38. The van der Waals surface area contributed by atoms with Crippen molar-refractivity contribution in [2.75, 3.05) is 6.61 Å². The number of ether oxygens (including phenoxy) is 1. The Labute approximate surface area is 79.5 Å². The van der Waals surface area contributed by atoms with E-state index in [0.29, 0.717) is 0 Å². The minimum atomic E-state index is -1.78. The lowest BCUT2D eigenvalue weighted by molar-refractivity contribution is -0.157. The first-order chi connectivity index (χ1) is 6.58. The summed E-state index contributed by atoms with van der Waals surface area (Å²) in [6.07, 6.45) is -6.62. The fourth-order valence-electron chi connectivity index (χ4n) is 0.787. The van der Waals surface area contributed by atoms with Gasteiger partial charge in [0.1, 0.15) is 18.3 Å². The van der Waals surface area contributed by atoms with Gasteiger partial charge in [-0.2, -0.15) is 0 Å². The quantitative estimate of drug-likeness (QED) is 0.325. The van der Waals surface area contributed by atoms with Crippen LogP contribution in [0, 0.1) is 0 Å². The molecule has 0 fully saturated rings. The second-order valence-electron chi connectivity index (χ2n) is 2.56. The summed E-state index contributed by atoms with van der Waals surface area (Å²) in [6, 6.07) is 0. The Bertz CT molecular complexity index is 183. The summed E-state index contributed by atoms with van der Waals surface area (Å²) in [5.41, 5.74) is 0. The number of hydrogen-bond donors (Lipinski definition) is 4. The molecule has 0 aliphatic rings. The molecule has 82 valence electrons. The van der Waals surface area contributed by atoms with Crippen LogP contribution in [0.5, 0.6) is 0 Å². The van der Waals surface area contributed by atoms with Gasteiger partial charge in [0.15, 0.2) is 12.4 Å². The molecule has 7 nitrogen and oxygen atoms in total. The summed E-state index contributed by atoms with van der Waals surface area (Å²) < 4.78 is 4.12. The van der Waals surface area contributed by atoms with Gasteiger partial charge >= 0.3 is 0 Å². The molecule has 0 amide bonds. The van der Waals surface area contributed by atoms with Gasteiger partial charge in [-0.25, -0.2) is 0 Å². The standard InChI is InChI=1S/C7H12O7/c8-1-4(11)6(12)7(13)5(2-9)14-3-10/h2-8,11-13H,1H2/t4-,5+,6-,7-/m1/s1. The summed E-state index contributed by atoms with van der Waals surface area (Å²) in [5.74, 6) is 0. The highest BCUT2D eigenvalue weighted by Gasteiger charge is 2.31. The fraction of sp³-hybridized carbons (Fsp3) is 0.714. The Kier molecular flexibility index (Phi) is 5.97. The van der Waals surface area contributed by atoms with Crippen molar-refractivity contribution >= 4 is 12.8 Å². The van der Waals surface area contributed by atoms with E-state index in [1.54, 1.807) is 0 Å². The van der Waals surface area contributed by atoms with Gasteiger partial charge in [0.2, 0.25) is 0 Å². The molecule has 0 heterocycles. The number of carbonyl (C=O) groups excluding carboxylic acids is 2. The molecule has 0 aromatic heterocycles. The van der Waals surface area contributed by atoms with Crippen molar-refractivity contribution in [3.63, 3.8) is 0 Å². The van der Waals surface area contributed by atoms with Crippen molar-refractivity contribution in [1.82, 2.24) is 0 Å². The molecule has 0 saturated heterocycles. The van der Waals surface area contributed by atoms with Crippen LogP contribution < -0.4 is 0 Å². The van der Waals surface area contributed by atoms with E-state index in [2.05, 4.69) is 4.74 Å². The molecule has 0 rings (SSSR count). The zero-order valence-electron chi connectivity index (χ0n) is 7.18. The van der Waals surface area contributed by atoms with E-state index in [0.717, 1.165) is 0 Å². The van der Waals surface area contributed by atoms with Gasteiger partial charge in [-0.1, -0.05) is 0 Å². The Morgan fingerprint density at radius 1 is 1.14 bits per heavy atom. The van der Waals surface area contributed by atoms with E-state index in [-0.39, 0.29) is 12.8 Å². The summed E-state index contributed by atoms with van der Waals surface area (Å²) >= 11 is 0. The Hall–Kier alpha value is -1.02. The smallest absolute Gasteiger partial charge is 0.293 e. The van der Waals surface area contributed by atoms with Crippen molar-refractivity contribution in [2.24, 2.45) is 0 Å². The van der Waals surface area contributed by atoms with Gasteiger partial charge < -0.3 is 25.2 Å². The van der Waals surface area contributed by atoms with Gasteiger partial charge in [0.05, 0.1) is 6.61 Å². The molecular weight excluding hydrogens is 196 g/mol. The van der Waals surface area contributed by atoms with Crippen molar-refractivity contribution in [2.45, 2.75) is 24.4 Å². The van der Waals surface area contributed by atoms with Gasteiger partial charge in [-0.05, 0) is 0 Å². The van der Waals surface area contributed by atoms with Crippen molar-refractivity contribution in [3.8, 4) is 0 Å². The first-order valence-corrected chi connectivity index (χ1v) is 3.78. The zero-order chi connectivity index (χ0) is 11.1. The van der Waals surface area contributed by atoms with Crippen LogP contribution in [-0.4, -0.2) is 64.2 Å². The van der Waals surface area contributed by atoms with Gasteiger partial charge in [0.25, 0.3) is 6.47 Å². The third-order valence-corrected chi connectivity index (χ3v) is 1.61. The molecule has 4 atom stereocenters. The number of rotatable bonds is 7. The lowest BCUT2D eigenvalue weighted by Crippen LogP contribution is -2.47. The third-order valence-electron chi connectivity index (χ3n) is 1.61. The van der Waals surface area contributed by atoms with E-state index >= 15 is 0 Å². The average Bonchev–Trinajstić information content (AvgIpc) is 2.22. The lowest BCUT2D eigenvalue weighted by Gasteiger charge is -2.24. The topological polar surface area (TPSA) is 124 Å². The van der Waals surface area contributed by atoms with Gasteiger partial charge in [-0.3, -0.25) is 9.59 Å². The van der Waals surface area contributed by atoms with Crippen LogP contribution in [0.15, 0.2) is 0 Å². The minimum absolute atomic E-state index is 0.0691. The molecule has 0 radical (unpaired) electrons. The van der Waals surface area contributed by atoms with Crippen molar-refractivity contribution in [3.05, 3.63) is 0 Å². The highest BCUT2D eigenvalue weighted by Crippen LogP contribution is 2.05. The SMILES string of the molecule is O=CO[C@@H](C=O)[C@@H](O)[C@H](O)[C@H](O)CO. The Morgan fingerprint density at radius 3 is 2.07 bits per heavy atom. The van der Waals surface area contributed by atoms with Crippen LogP contribution in [0.25, 0.3) is 0 Å². The van der Waals surface area contributed by atoms with Crippen LogP contribution >= 0.6 is 0 Å². The maximum atomic E-state index is 10.3. The molecule has 4 N–H and O–H groups in total. The first kappa shape index (κ1) is 13.0. The van der Waals surface area contributed by atoms with E-state index < -0.39 is 31.0 Å². The summed E-state index contributed by atoms with van der Waals surface area (Å²) in [4.78, 5) is 20.1. The molecule has 0 spiro atoms. The molecule has 0 aliphatic carbocycles. The highest BCUT2D eigenvalue weighted by molar-refractivity contribution is 5.60. The maximum Gasteiger partial charge on any atom is 0.293 e. The summed E-state index contributed by atoms with van der Waals surface area (Å²) in [7, 11) is 0. The van der Waals surface area contributed by atoms with Gasteiger partial charge in [-0.15, -0.1) is 0 Å². The number of aliphatic hydroxyl groups excluding tert-OH is 4. The van der Waals surface area contributed by atoms with Crippen LogP contribution in [0.1, 0.15) is 0 Å². The molecule has 0 unspecified atom stereocenters. The van der Waals surface area contributed by atoms with E-state index in [1.807, 2.05) is 0 Å². The number of aliphatic hydroxyl groups is 4. The van der Waals surface area contributed by atoms with Crippen LogP contribution in [0.3, 0.4) is 0 Å². The largest absolute Gasteiger partial charge is 0.454 e. The molecular formula is C7H12O7. The fourth-order valence-corrected chi connectivity index (χ4v) is 0.787. The zero-order valence-corrected chi connectivity index (χ0v) is 7.18. The minimum Gasteiger partial charge on any atom is -0.454 e. The number of hydrogen-bond acceptors (Lipinski definition) is 7. The molecule has 0 aliphatic heterocycles. The second kappa shape index (κ2) is 6.44. The van der Waals surface area contributed by atoms with Crippen LogP contribution in [0.2, 0.25) is 0 Å². The average molecular weight is 208 g/mol. The van der Waals surface area contributed by atoms with E-state index in [4.69, 9.17) is 15.3 Å². The Morgan fingerprint density at radius 2 is 1.71 bits per heavy atom. The van der Waals surface area contributed by atoms with Crippen molar-refractivity contribution < 1.29 is 34.8 Å². The molecule has 14 heavy (non-hydrogen) atoms. The van der Waals surface area contributed by atoms with Crippen LogP contribution in [-0.2, 0) is 14.3 Å². The number of aldehydes is 1. The normalized spacial score (nSPS) is 19.1. The Balaban J connectivity index is 4.31. The molecule has 7 heteroatoms. The molecule has 0 aromatic rings. The molecule has 0 aromatic carbocycles. The summed E-state index contributed by atoms with van der Waals surface area (Å²) in [6.45, 7) is -0.856. The second-order valence-corrected chi connectivity index (χ2v) is 2.56. The predicted octanol–water partition coefficient (Wildman–Crippen LogP) is -3.20. The maximum absolute atomic E-state index is 10.3. The van der Waals surface area contributed by atoms with Crippen LogP contribution in [0.4, 0.5) is 0 Å². The predicted molar refractivity (Wildman–Crippen MR) is 42.1 cm³/mol. The van der Waals surface area contributed by atoms with Gasteiger partial charge in [0, 0.05) is 0 Å². The van der Waals surface area contributed by atoms with E-state index in [9.17, 15) is 14.7 Å². The first-order valence-electron chi connectivity index (χ1n) is 3.78. The summed E-state index contributed by atoms with van der Waals surface area (Å²) in [5, 5.41) is 35.6. The lowest BCUT2D eigenvalue weighted by atomic mass is 10.0. The highest BCUT2D eigenvalue weighted by atomic mass is 16.5. The van der Waals surface area contributed by atoms with Crippen molar-refractivity contribution in [1.29, 1.82) is 0 Å². The molecule has 0 saturated carbocycles. The van der Waals surface area contributed by atoms with E-state index in [1.165, 1.54) is 0 Å². The monoisotopic (exact) mass is 208 g/mol.